The number of anilines is 1. The van der Waals surface area contributed by atoms with Crippen molar-refractivity contribution in [1.29, 1.82) is 0 Å². The van der Waals surface area contributed by atoms with Gasteiger partial charge < -0.3 is 5.32 Å². The minimum absolute atomic E-state index is 0.0774. The van der Waals surface area contributed by atoms with Gasteiger partial charge in [0.2, 0.25) is 15.9 Å². The third-order valence-electron chi connectivity index (χ3n) is 4.05. The summed E-state index contributed by atoms with van der Waals surface area (Å²) >= 11 is 6.07. The van der Waals surface area contributed by atoms with Crippen molar-refractivity contribution < 1.29 is 13.2 Å². The molecule has 0 aliphatic rings. The lowest BCUT2D eigenvalue weighted by atomic mass is 10.2. The number of halogens is 1. The van der Waals surface area contributed by atoms with Gasteiger partial charge in [0.25, 0.3) is 0 Å². The minimum atomic E-state index is -3.86. The van der Waals surface area contributed by atoms with Crippen LogP contribution in [0.2, 0.25) is 5.02 Å². The minimum Gasteiger partial charge on any atom is -0.324 e. The Kier molecular flexibility index (Phi) is 6.46. The standard InChI is InChI=1S/C21H19ClN2O3S/c22-19-13-7-8-14-20(19)23-21(25)16-24(15-17-9-3-1-4-10-17)28(26,27)18-11-5-2-6-12-18/h1-14H,15-16H2,(H,23,25). The fraction of sp³-hybridized carbons (Fsp3) is 0.0952. The number of rotatable bonds is 7. The molecular weight excluding hydrogens is 396 g/mol. The smallest absolute Gasteiger partial charge is 0.243 e. The Morgan fingerprint density at radius 1 is 0.857 bits per heavy atom. The van der Waals surface area contributed by atoms with Gasteiger partial charge in [0, 0.05) is 6.54 Å². The predicted molar refractivity (Wildman–Crippen MR) is 111 cm³/mol. The topological polar surface area (TPSA) is 66.5 Å². The molecule has 5 nitrogen and oxygen atoms in total. The third-order valence-corrected chi connectivity index (χ3v) is 6.19. The highest BCUT2D eigenvalue weighted by Gasteiger charge is 2.27. The molecule has 0 unspecified atom stereocenters. The lowest BCUT2D eigenvalue weighted by Gasteiger charge is -2.22. The highest BCUT2D eigenvalue weighted by molar-refractivity contribution is 7.89. The molecular formula is C21H19ClN2O3S. The van der Waals surface area contributed by atoms with Crippen LogP contribution >= 0.6 is 11.6 Å². The van der Waals surface area contributed by atoms with Crippen LogP contribution in [0, 0.1) is 0 Å². The number of nitrogens with zero attached hydrogens (tertiary/aromatic N) is 1. The molecule has 144 valence electrons. The molecule has 1 amide bonds. The summed E-state index contributed by atoms with van der Waals surface area (Å²) in [5.74, 6) is -0.469. The molecule has 28 heavy (non-hydrogen) atoms. The molecule has 0 aliphatic carbocycles. The highest BCUT2D eigenvalue weighted by atomic mass is 35.5. The molecule has 3 aromatic rings. The number of sulfonamides is 1. The maximum absolute atomic E-state index is 13.1. The summed E-state index contributed by atoms with van der Waals surface area (Å²) in [7, 11) is -3.86. The van der Waals surface area contributed by atoms with E-state index in [1.54, 1.807) is 42.5 Å². The van der Waals surface area contributed by atoms with E-state index in [-0.39, 0.29) is 18.0 Å². The number of carbonyl (C=O) groups excluding carboxylic acids is 1. The SMILES string of the molecule is O=C(CN(Cc1ccccc1)S(=O)(=O)c1ccccc1)Nc1ccccc1Cl. The summed E-state index contributed by atoms with van der Waals surface area (Å²) in [5.41, 5.74) is 1.22. The molecule has 0 fully saturated rings. The Labute approximate surface area is 169 Å². The number of para-hydroxylation sites is 1. The summed E-state index contributed by atoms with van der Waals surface area (Å²) < 4.78 is 27.4. The fourth-order valence-electron chi connectivity index (χ4n) is 2.67. The first-order chi connectivity index (χ1) is 13.5. The van der Waals surface area contributed by atoms with E-state index in [4.69, 9.17) is 11.6 Å². The van der Waals surface area contributed by atoms with Crippen molar-refractivity contribution in [1.82, 2.24) is 4.31 Å². The van der Waals surface area contributed by atoms with Crippen LogP contribution < -0.4 is 5.32 Å². The van der Waals surface area contributed by atoms with Crippen molar-refractivity contribution in [3.05, 3.63) is 95.5 Å². The second kappa shape index (κ2) is 9.01. The van der Waals surface area contributed by atoms with Gasteiger partial charge in [-0.15, -0.1) is 0 Å². The summed E-state index contributed by atoms with van der Waals surface area (Å²) in [6.45, 7) is -0.259. The van der Waals surface area contributed by atoms with E-state index < -0.39 is 15.9 Å². The second-order valence-corrected chi connectivity index (χ2v) is 8.44. The van der Waals surface area contributed by atoms with Crippen molar-refractivity contribution in [2.24, 2.45) is 0 Å². The number of amides is 1. The molecule has 1 N–H and O–H groups in total. The first kappa shape index (κ1) is 20.1. The Hall–Kier alpha value is -2.67. The monoisotopic (exact) mass is 414 g/mol. The Bertz CT molecular complexity index is 1040. The largest absolute Gasteiger partial charge is 0.324 e. The van der Waals surface area contributed by atoms with Gasteiger partial charge in [0.05, 0.1) is 22.2 Å². The predicted octanol–water partition coefficient (Wildman–Crippen LogP) is 4.17. The van der Waals surface area contributed by atoms with Crippen LogP contribution in [0.4, 0.5) is 5.69 Å². The van der Waals surface area contributed by atoms with Gasteiger partial charge in [-0.3, -0.25) is 4.79 Å². The highest BCUT2D eigenvalue weighted by Crippen LogP contribution is 2.22. The Morgan fingerprint density at radius 3 is 2.07 bits per heavy atom. The zero-order valence-electron chi connectivity index (χ0n) is 15.0. The van der Waals surface area contributed by atoms with Crippen LogP contribution in [0.5, 0.6) is 0 Å². The number of carbonyl (C=O) groups is 1. The summed E-state index contributed by atoms with van der Waals surface area (Å²) in [6, 6.07) is 24.0. The normalized spacial score (nSPS) is 11.4. The average molecular weight is 415 g/mol. The first-order valence-corrected chi connectivity index (χ1v) is 10.4. The van der Waals surface area contributed by atoms with Gasteiger partial charge >= 0.3 is 0 Å². The summed E-state index contributed by atoms with van der Waals surface area (Å²) in [6.07, 6.45) is 0. The molecule has 0 heterocycles. The summed E-state index contributed by atoms with van der Waals surface area (Å²) in [5, 5.41) is 3.06. The molecule has 3 aromatic carbocycles. The van der Waals surface area contributed by atoms with Crippen LogP contribution in [-0.2, 0) is 21.4 Å². The van der Waals surface area contributed by atoms with Crippen LogP contribution in [0.3, 0.4) is 0 Å². The molecule has 0 bridgehead atoms. The zero-order valence-corrected chi connectivity index (χ0v) is 16.5. The number of hydrogen-bond acceptors (Lipinski definition) is 3. The quantitative estimate of drug-likeness (QED) is 0.631. The van der Waals surface area contributed by atoms with E-state index in [0.717, 1.165) is 9.87 Å². The van der Waals surface area contributed by atoms with E-state index in [2.05, 4.69) is 5.32 Å². The van der Waals surface area contributed by atoms with Crippen LogP contribution in [-0.4, -0.2) is 25.2 Å². The molecule has 7 heteroatoms. The van der Waals surface area contributed by atoms with Gasteiger partial charge in [-0.1, -0.05) is 72.3 Å². The van der Waals surface area contributed by atoms with Crippen LogP contribution in [0.25, 0.3) is 0 Å². The molecule has 0 spiro atoms. The molecule has 0 aromatic heterocycles. The van der Waals surface area contributed by atoms with Crippen molar-refractivity contribution in [2.75, 3.05) is 11.9 Å². The molecule has 0 saturated carbocycles. The number of nitrogens with one attached hydrogen (secondary N) is 1. The van der Waals surface area contributed by atoms with Gasteiger partial charge in [-0.05, 0) is 29.8 Å². The lowest BCUT2D eigenvalue weighted by molar-refractivity contribution is -0.116. The van der Waals surface area contributed by atoms with Gasteiger partial charge in [-0.25, -0.2) is 8.42 Å². The van der Waals surface area contributed by atoms with Crippen molar-refractivity contribution in [3.63, 3.8) is 0 Å². The van der Waals surface area contributed by atoms with Crippen molar-refractivity contribution in [3.8, 4) is 0 Å². The zero-order chi connectivity index (χ0) is 20.0. The Balaban J connectivity index is 1.86. The van der Waals surface area contributed by atoms with Gasteiger partial charge in [0.15, 0.2) is 0 Å². The van der Waals surface area contributed by atoms with E-state index in [1.165, 1.54) is 12.1 Å². The van der Waals surface area contributed by atoms with Gasteiger partial charge in [0.1, 0.15) is 0 Å². The molecule has 0 atom stereocenters. The molecule has 0 aliphatic heterocycles. The van der Waals surface area contributed by atoms with E-state index >= 15 is 0 Å². The van der Waals surface area contributed by atoms with Crippen molar-refractivity contribution >= 4 is 33.2 Å². The van der Waals surface area contributed by atoms with Crippen LogP contribution in [0.15, 0.2) is 89.8 Å². The average Bonchev–Trinajstić information content (AvgIpc) is 2.71. The molecule has 3 rings (SSSR count). The number of benzene rings is 3. The summed E-state index contributed by atoms with van der Waals surface area (Å²) in [4.78, 5) is 12.7. The maximum atomic E-state index is 13.1. The third kappa shape index (κ3) is 4.98. The van der Waals surface area contributed by atoms with E-state index in [0.29, 0.717) is 10.7 Å². The molecule has 0 radical (unpaired) electrons. The van der Waals surface area contributed by atoms with E-state index in [9.17, 15) is 13.2 Å². The Morgan fingerprint density at radius 2 is 1.43 bits per heavy atom. The first-order valence-electron chi connectivity index (χ1n) is 8.60. The van der Waals surface area contributed by atoms with Crippen molar-refractivity contribution in [2.45, 2.75) is 11.4 Å². The lowest BCUT2D eigenvalue weighted by Crippen LogP contribution is -2.37. The van der Waals surface area contributed by atoms with Gasteiger partial charge in [-0.2, -0.15) is 4.31 Å². The fourth-order valence-corrected chi connectivity index (χ4v) is 4.26. The molecule has 0 saturated heterocycles. The van der Waals surface area contributed by atoms with Crippen LogP contribution in [0.1, 0.15) is 5.56 Å². The van der Waals surface area contributed by atoms with E-state index in [1.807, 2.05) is 30.3 Å². The maximum Gasteiger partial charge on any atom is 0.243 e. The second-order valence-electron chi connectivity index (χ2n) is 6.10. The number of hydrogen-bond donors (Lipinski definition) is 1.